The number of hydrogen-bond donors (Lipinski definition) is 2. The van der Waals surface area contributed by atoms with E-state index in [4.69, 9.17) is 9.29 Å². The lowest BCUT2D eigenvalue weighted by atomic mass is 10.1. The van der Waals surface area contributed by atoms with Crippen molar-refractivity contribution in [2.24, 2.45) is 4.99 Å². The number of aliphatic hydroxyl groups excluding tert-OH is 1. The molecule has 23 heavy (non-hydrogen) atoms. The number of carbonyl (C=O) groups is 1. The molecule has 2 rings (SSSR count). The molecule has 0 amide bonds. The lowest BCUT2D eigenvalue weighted by Gasteiger charge is -2.34. The molecule has 0 saturated heterocycles. The van der Waals surface area contributed by atoms with Gasteiger partial charge in [0.1, 0.15) is 0 Å². The largest absolute Gasteiger partial charge is 0.478 e. The van der Waals surface area contributed by atoms with Crippen LogP contribution in [0.3, 0.4) is 0 Å². The van der Waals surface area contributed by atoms with Crippen molar-refractivity contribution in [1.82, 2.24) is 4.90 Å². The fraction of sp³-hybridized carbons (Fsp3) is 0.333. The molecular formula is C15H18N2O5S. The molecule has 2 heterocycles. The van der Waals surface area contributed by atoms with Crippen LogP contribution in [0.5, 0.6) is 0 Å². The Morgan fingerprint density at radius 2 is 2.26 bits per heavy atom. The van der Waals surface area contributed by atoms with Crippen LogP contribution in [0, 0.1) is 0 Å². The Kier molecular flexibility index (Phi) is 6.03. The van der Waals surface area contributed by atoms with E-state index in [1.165, 1.54) is 18.1 Å². The Bertz CT molecular complexity index is 648. The number of aliphatic imine (C=N–C) groups is 1. The van der Waals surface area contributed by atoms with Gasteiger partial charge in [0.15, 0.2) is 17.3 Å². The highest BCUT2D eigenvalue weighted by atomic mass is 32.2. The van der Waals surface area contributed by atoms with Crippen LogP contribution in [-0.4, -0.2) is 57.1 Å². The van der Waals surface area contributed by atoms with E-state index in [9.17, 15) is 14.1 Å². The predicted octanol–water partition coefficient (Wildman–Crippen LogP) is 0.740. The Balaban J connectivity index is 2.33. The number of hydrogen-bond acceptors (Lipinski definition) is 6. The first kappa shape index (κ1) is 17.3. The molecule has 0 aromatic heterocycles. The van der Waals surface area contributed by atoms with E-state index in [1.807, 2.05) is 12.2 Å². The maximum Gasteiger partial charge on any atom is 0.336 e. The van der Waals surface area contributed by atoms with E-state index in [-0.39, 0.29) is 17.9 Å². The Hall–Kier alpha value is -2.03. The van der Waals surface area contributed by atoms with Crippen molar-refractivity contribution in [3.05, 3.63) is 47.3 Å². The minimum absolute atomic E-state index is 0.130. The van der Waals surface area contributed by atoms with Crippen molar-refractivity contribution in [3.8, 4) is 0 Å². The van der Waals surface area contributed by atoms with E-state index < -0.39 is 23.3 Å². The standard InChI is InChI=1S/C15H18N2O5S/c1-22-23(21)10-9-17-13(12-5-3-2-4-8-16-12)7-6-11(14(17)18)15(19)20/h2-3,5-8,14,18H,4,9-10H2,1H3,(H,19,20). The van der Waals surface area contributed by atoms with Gasteiger partial charge in [-0.3, -0.25) is 9.18 Å². The number of rotatable bonds is 6. The summed E-state index contributed by atoms with van der Waals surface area (Å²) in [5, 5.41) is 19.5. The van der Waals surface area contributed by atoms with E-state index >= 15 is 0 Å². The minimum atomic E-state index is -1.51. The first-order valence-electron chi connectivity index (χ1n) is 6.97. The average Bonchev–Trinajstić information content (AvgIpc) is 2.81. The van der Waals surface area contributed by atoms with Crippen molar-refractivity contribution in [2.45, 2.75) is 12.6 Å². The smallest absolute Gasteiger partial charge is 0.336 e. The maximum absolute atomic E-state index is 11.5. The Morgan fingerprint density at radius 3 is 2.96 bits per heavy atom. The van der Waals surface area contributed by atoms with Gasteiger partial charge in [-0.2, -0.15) is 0 Å². The number of aliphatic carboxylic acids is 1. The second kappa shape index (κ2) is 8.00. The molecule has 2 aliphatic heterocycles. The summed E-state index contributed by atoms with van der Waals surface area (Å²) >= 11 is -1.51. The van der Waals surface area contributed by atoms with Gasteiger partial charge in [0.2, 0.25) is 0 Å². The number of allylic oxidation sites excluding steroid dienone is 5. The van der Waals surface area contributed by atoms with Crippen LogP contribution >= 0.6 is 0 Å². The number of nitrogens with zero attached hydrogens (tertiary/aromatic N) is 2. The van der Waals surface area contributed by atoms with Gasteiger partial charge in [-0.05, 0) is 18.2 Å². The molecule has 2 N–H and O–H groups in total. The van der Waals surface area contributed by atoms with Gasteiger partial charge in [0, 0.05) is 19.2 Å². The van der Waals surface area contributed by atoms with Crippen molar-refractivity contribution in [3.63, 3.8) is 0 Å². The predicted molar refractivity (Wildman–Crippen MR) is 86.9 cm³/mol. The Labute approximate surface area is 136 Å². The summed E-state index contributed by atoms with van der Waals surface area (Å²) in [7, 11) is 1.32. The van der Waals surface area contributed by atoms with E-state index in [0.717, 1.165) is 0 Å². The summed E-state index contributed by atoms with van der Waals surface area (Å²) in [5.74, 6) is -1.08. The quantitative estimate of drug-likeness (QED) is 0.741. The van der Waals surface area contributed by atoms with Crippen LogP contribution < -0.4 is 0 Å². The summed E-state index contributed by atoms with van der Waals surface area (Å²) < 4.78 is 16.2. The van der Waals surface area contributed by atoms with E-state index in [2.05, 4.69) is 4.99 Å². The molecular weight excluding hydrogens is 320 g/mol. The summed E-state index contributed by atoms with van der Waals surface area (Å²) in [6, 6.07) is 0. The summed E-state index contributed by atoms with van der Waals surface area (Å²) in [4.78, 5) is 17.0. The third kappa shape index (κ3) is 4.25. The molecule has 2 atom stereocenters. The number of carboxylic acid groups (broad SMARTS) is 1. The third-order valence-electron chi connectivity index (χ3n) is 3.36. The highest BCUT2D eigenvalue weighted by Gasteiger charge is 2.30. The lowest BCUT2D eigenvalue weighted by Crippen LogP contribution is -2.42. The molecule has 0 bridgehead atoms. The van der Waals surface area contributed by atoms with Crippen LogP contribution in [0.25, 0.3) is 0 Å². The zero-order chi connectivity index (χ0) is 16.8. The lowest BCUT2D eigenvalue weighted by molar-refractivity contribution is -0.135. The van der Waals surface area contributed by atoms with Crippen LogP contribution in [-0.2, 0) is 20.1 Å². The van der Waals surface area contributed by atoms with Crippen LogP contribution in [0.15, 0.2) is 52.3 Å². The van der Waals surface area contributed by atoms with Gasteiger partial charge in [-0.25, -0.2) is 9.00 Å². The molecule has 0 saturated carbocycles. The summed E-state index contributed by atoms with van der Waals surface area (Å²) in [6.45, 7) is 0.161. The molecule has 0 fully saturated rings. The molecule has 2 aliphatic rings. The van der Waals surface area contributed by atoms with Gasteiger partial charge in [-0.15, -0.1) is 0 Å². The van der Waals surface area contributed by atoms with Crippen molar-refractivity contribution >= 4 is 23.3 Å². The Morgan fingerprint density at radius 1 is 1.48 bits per heavy atom. The van der Waals surface area contributed by atoms with Gasteiger partial charge in [0.05, 0.1) is 29.8 Å². The topological polar surface area (TPSA) is 99.4 Å². The van der Waals surface area contributed by atoms with Gasteiger partial charge < -0.3 is 15.1 Å². The third-order valence-corrected chi connectivity index (χ3v) is 4.25. The van der Waals surface area contributed by atoms with E-state index in [0.29, 0.717) is 17.8 Å². The number of carboxylic acids is 1. The van der Waals surface area contributed by atoms with Crippen LogP contribution in [0.1, 0.15) is 6.42 Å². The van der Waals surface area contributed by atoms with E-state index in [1.54, 1.807) is 18.4 Å². The highest BCUT2D eigenvalue weighted by Crippen LogP contribution is 2.27. The average molecular weight is 338 g/mol. The molecule has 0 aromatic rings. The van der Waals surface area contributed by atoms with Crippen LogP contribution in [0.2, 0.25) is 0 Å². The van der Waals surface area contributed by atoms with Crippen molar-refractivity contribution in [2.75, 3.05) is 19.4 Å². The second-order valence-corrected chi connectivity index (χ2v) is 6.10. The molecule has 7 nitrogen and oxygen atoms in total. The molecule has 0 aliphatic carbocycles. The van der Waals surface area contributed by atoms with Crippen molar-refractivity contribution in [1.29, 1.82) is 0 Å². The fourth-order valence-electron chi connectivity index (χ4n) is 2.21. The zero-order valence-corrected chi connectivity index (χ0v) is 13.4. The normalized spacial score (nSPS) is 22.1. The molecule has 0 radical (unpaired) electrons. The minimum Gasteiger partial charge on any atom is -0.478 e. The van der Waals surface area contributed by atoms with Gasteiger partial charge in [0.25, 0.3) is 0 Å². The second-order valence-electron chi connectivity index (χ2n) is 4.75. The summed E-state index contributed by atoms with van der Waals surface area (Å²) in [5.41, 5.74) is 1.02. The van der Waals surface area contributed by atoms with Crippen molar-refractivity contribution < 1.29 is 23.4 Å². The SMILES string of the molecule is COS(=O)CCN1C(C2=CC=CCC=N2)=CC=C(C(=O)O)C1O. The molecule has 2 unspecified atom stereocenters. The molecule has 124 valence electrons. The monoisotopic (exact) mass is 338 g/mol. The molecule has 0 spiro atoms. The highest BCUT2D eigenvalue weighted by molar-refractivity contribution is 7.80. The van der Waals surface area contributed by atoms with Gasteiger partial charge >= 0.3 is 5.97 Å². The molecule has 8 heteroatoms. The summed E-state index contributed by atoms with van der Waals surface area (Å²) in [6.07, 6.45) is 9.58. The van der Waals surface area contributed by atoms with Gasteiger partial charge in [-0.1, -0.05) is 12.2 Å². The maximum atomic E-state index is 11.5. The fourth-order valence-corrected chi connectivity index (χ4v) is 2.72. The zero-order valence-electron chi connectivity index (χ0n) is 12.6. The first-order valence-corrected chi connectivity index (χ1v) is 8.21. The van der Waals surface area contributed by atoms with Crippen LogP contribution in [0.4, 0.5) is 0 Å². The first-order chi connectivity index (χ1) is 11.0. The molecule has 0 aromatic carbocycles. The number of aliphatic hydroxyl groups is 1.